The smallest absolute Gasteiger partial charge is 0.316 e. The molecule has 0 unspecified atom stereocenters. The van der Waals surface area contributed by atoms with Crippen LogP contribution < -0.4 is 5.32 Å². The van der Waals surface area contributed by atoms with Crippen LogP contribution in [0.5, 0.6) is 0 Å². The van der Waals surface area contributed by atoms with Crippen LogP contribution in [0.15, 0.2) is 11.6 Å². The minimum Gasteiger partial charge on any atom is -0.316 e. The Bertz CT molecular complexity index is 185. The summed E-state index contributed by atoms with van der Waals surface area (Å²) in [5.74, 6) is 0. The van der Waals surface area contributed by atoms with E-state index in [1.54, 1.807) is 6.92 Å². The van der Waals surface area contributed by atoms with Gasteiger partial charge in [-0.15, -0.1) is 0 Å². The van der Waals surface area contributed by atoms with E-state index in [4.69, 9.17) is 0 Å². The third-order valence-electron chi connectivity index (χ3n) is 2.04. The predicted octanol–water partition coefficient (Wildman–Crippen LogP) is 3.66. The summed E-state index contributed by atoms with van der Waals surface area (Å²) in [6, 6.07) is 0. The summed E-state index contributed by atoms with van der Waals surface area (Å²) in [6.07, 6.45) is -0.848. The van der Waals surface area contributed by atoms with Gasteiger partial charge < -0.3 is 5.32 Å². The van der Waals surface area contributed by atoms with Crippen LogP contribution in [0.1, 0.15) is 39.5 Å². The van der Waals surface area contributed by atoms with Crippen LogP contribution in [-0.2, 0) is 0 Å². The largest absolute Gasteiger partial charge is 0.389 e. The van der Waals surface area contributed by atoms with Gasteiger partial charge in [-0.05, 0) is 39.3 Å². The number of rotatable bonds is 7. The molecule has 0 fully saturated rings. The predicted molar refractivity (Wildman–Crippen MR) is 56.8 cm³/mol. The fourth-order valence-corrected chi connectivity index (χ4v) is 1.16. The molecule has 0 aromatic heterocycles. The van der Waals surface area contributed by atoms with Gasteiger partial charge in [-0.2, -0.15) is 13.2 Å². The number of allylic oxidation sites excluding steroid dienone is 1. The van der Waals surface area contributed by atoms with Crippen molar-refractivity contribution in [2.75, 3.05) is 13.1 Å². The fraction of sp³-hybridized carbons (Fsp3) is 0.818. The summed E-state index contributed by atoms with van der Waals surface area (Å²) in [7, 11) is 0. The Morgan fingerprint density at radius 3 is 2.47 bits per heavy atom. The van der Waals surface area contributed by atoms with Crippen LogP contribution in [0.2, 0.25) is 0 Å². The van der Waals surface area contributed by atoms with Gasteiger partial charge in [0.1, 0.15) is 0 Å². The number of alkyl halides is 3. The Labute approximate surface area is 89.7 Å². The molecule has 0 saturated heterocycles. The molecular weight excluding hydrogens is 203 g/mol. The number of hydrogen-bond acceptors (Lipinski definition) is 1. The molecule has 0 rings (SSSR count). The molecule has 0 bridgehead atoms. The lowest BCUT2D eigenvalue weighted by molar-refractivity contribution is -0.133. The second-order valence-electron chi connectivity index (χ2n) is 3.70. The highest BCUT2D eigenvalue weighted by Crippen LogP contribution is 2.23. The van der Waals surface area contributed by atoms with Crippen molar-refractivity contribution >= 4 is 0 Å². The van der Waals surface area contributed by atoms with E-state index in [9.17, 15) is 13.2 Å². The number of hydrogen-bond donors (Lipinski definition) is 1. The molecule has 0 saturated carbocycles. The van der Waals surface area contributed by atoms with Crippen LogP contribution in [-0.4, -0.2) is 19.3 Å². The van der Waals surface area contributed by atoms with Gasteiger partial charge >= 0.3 is 6.18 Å². The van der Waals surface area contributed by atoms with E-state index >= 15 is 0 Å². The Morgan fingerprint density at radius 1 is 1.27 bits per heavy atom. The van der Waals surface area contributed by atoms with Gasteiger partial charge in [0.2, 0.25) is 0 Å². The van der Waals surface area contributed by atoms with Crippen molar-refractivity contribution in [2.45, 2.75) is 45.7 Å². The summed E-state index contributed by atoms with van der Waals surface area (Å²) >= 11 is 0. The maximum absolute atomic E-state index is 11.9. The average Bonchev–Trinajstić information content (AvgIpc) is 2.13. The van der Waals surface area contributed by atoms with E-state index in [0.29, 0.717) is 0 Å². The number of halogens is 3. The van der Waals surface area contributed by atoms with Gasteiger partial charge in [-0.1, -0.05) is 18.6 Å². The average molecular weight is 223 g/mol. The van der Waals surface area contributed by atoms with E-state index in [0.717, 1.165) is 31.5 Å². The van der Waals surface area contributed by atoms with E-state index in [2.05, 4.69) is 12.2 Å². The Balaban J connectivity index is 3.52. The summed E-state index contributed by atoms with van der Waals surface area (Å²) in [5.41, 5.74) is 0.825. The third kappa shape index (κ3) is 11.4. The van der Waals surface area contributed by atoms with Gasteiger partial charge in [-0.3, -0.25) is 0 Å². The third-order valence-corrected chi connectivity index (χ3v) is 2.04. The highest BCUT2D eigenvalue weighted by Gasteiger charge is 2.26. The molecule has 1 nitrogen and oxygen atoms in total. The lowest BCUT2D eigenvalue weighted by atomic mass is 10.1. The monoisotopic (exact) mass is 223 g/mol. The van der Waals surface area contributed by atoms with Crippen LogP contribution >= 0.6 is 0 Å². The summed E-state index contributed by atoms with van der Waals surface area (Å²) in [5, 5.41) is 3.20. The van der Waals surface area contributed by atoms with Crippen molar-refractivity contribution in [2.24, 2.45) is 0 Å². The highest BCUT2D eigenvalue weighted by molar-refractivity contribution is 4.98. The molecule has 4 heteroatoms. The fourth-order valence-electron chi connectivity index (χ4n) is 1.16. The maximum atomic E-state index is 11.9. The van der Waals surface area contributed by atoms with E-state index in [1.807, 2.05) is 6.08 Å². The summed E-state index contributed by atoms with van der Waals surface area (Å²) in [6.45, 7) is 5.65. The highest BCUT2D eigenvalue weighted by atomic mass is 19.4. The molecule has 0 aliphatic heterocycles. The van der Waals surface area contributed by atoms with Crippen molar-refractivity contribution in [3.05, 3.63) is 11.6 Å². The SMILES string of the molecule is CCCNCCC=C(C)CCC(F)(F)F. The molecule has 15 heavy (non-hydrogen) atoms. The molecule has 0 amide bonds. The lowest BCUT2D eigenvalue weighted by Gasteiger charge is -2.06. The molecule has 0 aliphatic rings. The van der Waals surface area contributed by atoms with Crippen LogP contribution in [0.3, 0.4) is 0 Å². The lowest BCUT2D eigenvalue weighted by Crippen LogP contribution is -2.15. The molecule has 0 atom stereocenters. The summed E-state index contributed by atoms with van der Waals surface area (Å²) in [4.78, 5) is 0. The van der Waals surface area contributed by atoms with Crippen molar-refractivity contribution < 1.29 is 13.2 Å². The zero-order valence-electron chi connectivity index (χ0n) is 9.45. The zero-order valence-corrected chi connectivity index (χ0v) is 9.45. The standard InChI is InChI=1S/C11H20F3N/c1-3-8-15-9-4-5-10(2)6-7-11(12,13)14/h5,15H,3-4,6-9H2,1-2H3. The number of nitrogens with one attached hydrogen (secondary N) is 1. The Hall–Kier alpha value is -0.510. The van der Waals surface area contributed by atoms with Crippen molar-refractivity contribution in [1.82, 2.24) is 5.32 Å². The van der Waals surface area contributed by atoms with E-state index in [1.165, 1.54) is 0 Å². The van der Waals surface area contributed by atoms with Gasteiger partial charge in [0.25, 0.3) is 0 Å². The quantitative estimate of drug-likeness (QED) is 0.513. The van der Waals surface area contributed by atoms with Gasteiger partial charge in [-0.25, -0.2) is 0 Å². The molecule has 0 aliphatic carbocycles. The minimum atomic E-state index is -4.03. The second-order valence-corrected chi connectivity index (χ2v) is 3.70. The first-order valence-electron chi connectivity index (χ1n) is 5.39. The van der Waals surface area contributed by atoms with Gasteiger partial charge in [0, 0.05) is 6.42 Å². The molecule has 1 N–H and O–H groups in total. The molecular formula is C11H20F3N. The molecule has 0 radical (unpaired) electrons. The normalized spacial score (nSPS) is 13.3. The molecule has 0 heterocycles. The maximum Gasteiger partial charge on any atom is 0.389 e. The Morgan fingerprint density at radius 2 is 1.93 bits per heavy atom. The first-order valence-corrected chi connectivity index (χ1v) is 5.39. The molecule has 0 aromatic rings. The van der Waals surface area contributed by atoms with Crippen molar-refractivity contribution in [3.63, 3.8) is 0 Å². The first kappa shape index (κ1) is 14.5. The second kappa shape index (κ2) is 7.74. The van der Waals surface area contributed by atoms with Gasteiger partial charge in [0.15, 0.2) is 0 Å². The minimum absolute atomic E-state index is 0.122. The summed E-state index contributed by atoms with van der Waals surface area (Å²) < 4.78 is 35.6. The molecule has 90 valence electrons. The topological polar surface area (TPSA) is 12.0 Å². The van der Waals surface area contributed by atoms with Crippen molar-refractivity contribution in [1.29, 1.82) is 0 Å². The first-order chi connectivity index (χ1) is 6.95. The molecule has 0 spiro atoms. The van der Waals surface area contributed by atoms with Gasteiger partial charge in [0.05, 0.1) is 0 Å². The van der Waals surface area contributed by atoms with E-state index < -0.39 is 12.6 Å². The van der Waals surface area contributed by atoms with Crippen molar-refractivity contribution in [3.8, 4) is 0 Å². The molecule has 0 aromatic carbocycles. The van der Waals surface area contributed by atoms with Crippen LogP contribution in [0.25, 0.3) is 0 Å². The van der Waals surface area contributed by atoms with Crippen LogP contribution in [0, 0.1) is 0 Å². The zero-order chi connectivity index (χ0) is 11.7. The van der Waals surface area contributed by atoms with E-state index in [-0.39, 0.29) is 6.42 Å². The Kier molecular flexibility index (Phi) is 7.48. The van der Waals surface area contributed by atoms with Crippen LogP contribution in [0.4, 0.5) is 13.2 Å².